The second-order valence-electron chi connectivity index (χ2n) is 1.67. The van der Waals surface area contributed by atoms with Gasteiger partial charge in [-0.2, -0.15) is 25.6 Å². The predicted molar refractivity (Wildman–Crippen MR) is 36.0 cm³/mol. The van der Waals surface area contributed by atoms with Crippen LogP contribution in [0.15, 0.2) is 0 Å². The quantitative estimate of drug-likeness (QED) is 0.297. The van der Waals surface area contributed by atoms with Crippen LogP contribution < -0.4 is 23.9 Å². The Bertz CT molecular complexity index is 352. The largest absolute Gasteiger partial charge is 1.00 e. The summed E-state index contributed by atoms with van der Waals surface area (Å²) in [5.41, 5.74) is 0. The first-order valence-corrected chi connectivity index (χ1v) is 5.37. The summed E-state index contributed by atoms with van der Waals surface area (Å²) < 4.78 is 90.9. The van der Waals surface area contributed by atoms with Gasteiger partial charge in [-0.3, -0.25) is 9.11 Å². The first kappa shape index (κ1) is 21.4. The Morgan fingerprint density at radius 2 is 1.12 bits per heavy atom. The summed E-state index contributed by atoms with van der Waals surface area (Å²) in [4.78, 5) is 0. The van der Waals surface area contributed by atoms with Gasteiger partial charge >= 0.3 is 51.2 Å². The molecule has 0 heterocycles. The molecule has 0 aromatic carbocycles. The third-order valence-corrected chi connectivity index (χ3v) is 3.07. The van der Waals surface area contributed by atoms with E-state index < -0.39 is 32.3 Å². The third kappa shape index (κ3) is 7.44. The zero-order chi connectivity index (χ0) is 13.1. The normalized spacial score (nSPS) is 11.9. The maximum Gasteiger partial charge on any atom is 1.00 e. The molecule has 16 heavy (non-hydrogen) atoms. The fourth-order valence-electron chi connectivity index (χ4n) is 0.133. The smallest absolute Gasteiger partial charge is 0.824 e. The van der Waals surface area contributed by atoms with Crippen LogP contribution in [0.4, 0.5) is 17.4 Å². The van der Waals surface area contributed by atoms with E-state index >= 15 is 0 Å². The molecule has 0 saturated carbocycles. The Balaban J connectivity index is -0.000000292. The van der Waals surface area contributed by atoms with Gasteiger partial charge in [0.15, 0.2) is 0 Å². The molecule has 0 amide bonds. The monoisotopic (exact) mass is 284 g/mol. The summed E-state index contributed by atoms with van der Waals surface area (Å²) >= 11 is 0. The molecule has 0 bridgehead atoms. The van der Waals surface area contributed by atoms with Crippen LogP contribution in [0.3, 0.4) is 0 Å². The first-order valence-electron chi connectivity index (χ1n) is 2.49. The van der Waals surface area contributed by atoms with Crippen LogP contribution in [-0.2, 0) is 20.2 Å². The Hall–Kier alpha value is 0.162. The Morgan fingerprint density at radius 3 is 1.12 bits per heavy atom. The van der Waals surface area contributed by atoms with E-state index in [9.17, 15) is 34.2 Å². The molecule has 0 saturated heterocycles. The standard InChI is InChI=1S/CH2F2O6S2.BF2O.Li/c2-1(3,10(4,5)6)11(7,8)9;2-1(3)4;/h(H,4,5,6)(H,7,8,9);;/q;-1;+1. The van der Waals surface area contributed by atoms with E-state index in [-0.39, 0.29) is 18.9 Å². The number of hydrogen-bond acceptors (Lipinski definition) is 5. The molecule has 7 nitrogen and oxygen atoms in total. The van der Waals surface area contributed by atoms with Crippen LogP contribution in [0.2, 0.25) is 0 Å². The second kappa shape index (κ2) is 6.79. The summed E-state index contributed by atoms with van der Waals surface area (Å²) in [5, 5.41) is 8.19. The molecule has 0 unspecified atom stereocenters. The zero-order valence-electron chi connectivity index (χ0n) is 7.34. The maximum absolute atomic E-state index is 11.8. The van der Waals surface area contributed by atoms with Crippen molar-refractivity contribution in [3.05, 3.63) is 0 Å². The molecule has 92 valence electrons. The van der Waals surface area contributed by atoms with E-state index in [1.54, 1.807) is 0 Å². The van der Waals surface area contributed by atoms with Gasteiger partial charge in [-0.1, -0.05) is 0 Å². The van der Waals surface area contributed by atoms with Crippen molar-refractivity contribution in [1.29, 1.82) is 0 Å². The van der Waals surface area contributed by atoms with E-state index in [0.29, 0.717) is 0 Å². The van der Waals surface area contributed by atoms with Gasteiger partial charge in [0.25, 0.3) is 0 Å². The number of rotatable bonds is 2. The van der Waals surface area contributed by atoms with Crippen molar-refractivity contribution in [2.24, 2.45) is 0 Å². The van der Waals surface area contributed by atoms with Gasteiger partial charge in [0, 0.05) is 0 Å². The SMILES string of the molecule is O=S(=O)(O)C(F)(F)S(=O)(=O)O.[Li+].[O-]B(F)F. The van der Waals surface area contributed by atoms with E-state index in [1.807, 2.05) is 0 Å². The van der Waals surface area contributed by atoms with Gasteiger partial charge in [0.1, 0.15) is 0 Å². The molecule has 0 aliphatic rings. The minimum absolute atomic E-state index is 0. The average molecular weight is 284 g/mol. The summed E-state index contributed by atoms with van der Waals surface area (Å²) in [6, 6.07) is 0. The van der Waals surface area contributed by atoms with Crippen molar-refractivity contribution >= 4 is 27.7 Å². The molecule has 0 atom stereocenters. The van der Waals surface area contributed by atoms with E-state index in [0.717, 1.165) is 0 Å². The molecule has 0 fully saturated rings. The van der Waals surface area contributed by atoms with E-state index in [1.165, 1.54) is 0 Å². The minimum Gasteiger partial charge on any atom is -0.824 e. The van der Waals surface area contributed by atoms with Crippen molar-refractivity contribution in [3.63, 3.8) is 0 Å². The molecule has 0 aromatic rings. The van der Waals surface area contributed by atoms with E-state index in [2.05, 4.69) is 0 Å². The summed E-state index contributed by atoms with van der Waals surface area (Å²) in [6.07, 6.45) is 0. The van der Waals surface area contributed by atoms with Gasteiger partial charge < -0.3 is 13.7 Å². The average Bonchev–Trinajstić information content (AvgIpc) is 1.79. The fraction of sp³-hybridized carbons (Fsp3) is 1.00. The van der Waals surface area contributed by atoms with Crippen LogP contribution in [0, 0.1) is 0 Å². The molecule has 0 aliphatic carbocycles. The van der Waals surface area contributed by atoms with Crippen LogP contribution >= 0.6 is 0 Å². The van der Waals surface area contributed by atoms with Crippen molar-refractivity contribution in [2.45, 2.75) is 4.59 Å². The third-order valence-electron chi connectivity index (χ3n) is 0.601. The van der Waals surface area contributed by atoms with Crippen LogP contribution in [0.1, 0.15) is 0 Å². The van der Waals surface area contributed by atoms with Crippen molar-refractivity contribution < 1.29 is 67.2 Å². The van der Waals surface area contributed by atoms with Gasteiger partial charge in [0.05, 0.1) is 0 Å². The molecular formula is CH2BF4LiO7S2. The van der Waals surface area contributed by atoms with Crippen molar-refractivity contribution in [2.75, 3.05) is 0 Å². The Morgan fingerprint density at radius 1 is 1.00 bits per heavy atom. The Kier molecular flexibility index (Phi) is 9.10. The van der Waals surface area contributed by atoms with Crippen LogP contribution in [0.5, 0.6) is 0 Å². The molecule has 0 spiro atoms. The van der Waals surface area contributed by atoms with Gasteiger partial charge in [-0.25, -0.2) is 0 Å². The van der Waals surface area contributed by atoms with Crippen LogP contribution in [-0.4, -0.2) is 38.0 Å². The number of alkyl halides is 2. The summed E-state index contributed by atoms with van der Waals surface area (Å²) in [7, 11) is -15.7. The van der Waals surface area contributed by atoms with Gasteiger partial charge in [0.2, 0.25) is 0 Å². The number of halogens is 4. The molecule has 2 N–H and O–H groups in total. The first-order chi connectivity index (χ1) is 6.23. The van der Waals surface area contributed by atoms with Crippen LogP contribution in [0.25, 0.3) is 0 Å². The van der Waals surface area contributed by atoms with Gasteiger partial charge in [-0.05, 0) is 0 Å². The summed E-state index contributed by atoms with van der Waals surface area (Å²) in [6.45, 7) is 0. The van der Waals surface area contributed by atoms with E-state index in [4.69, 9.17) is 14.1 Å². The topological polar surface area (TPSA) is 132 Å². The molecule has 0 rings (SSSR count). The number of hydrogen-bond donors (Lipinski definition) is 2. The molecule has 15 heteroatoms. The second-order valence-corrected chi connectivity index (χ2v) is 4.86. The zero-order valence-corrected chi connectivity index (χ0v) is 8.97. The molecule has 0 aliphatic heterocycles. The molecule has 0 aromatic heterocycles. The van der Waals surface area contributed by atoms with Gasteiger partial charge in [-0.15, -0.1) is 0 Å². The predicted octanol–water partition coefficient (Wildman–Crippen LogP) is -4.41. The maximum atomic E-state index is 11.8. The molecule has 0 radical (unpaired) electrons. The Labute approximate surface area is 99.7 Å². The fourth-order valence-corrected chi connectivity index (χ4v) is 1.20. The minimum atomic E-state index is -6.13. The van der Waals surface area contributed by atoms with Crippen molar-refractivity contribution in [3.8, 4) is 0 Å². The van der Waals surface area contributed by atoms with Crippen molar-refractivity contribution in [1.82, 2.24) is 0 Å². The summed E-state index contributed by atoms with van der Waals surface area (Å²) in [5.74, 6) is 0. The molecular weight excluding hydrogens is 282 g/mol.